The van der Waals surface area contributed by atoms with Gasteiger partial charge in [-0.2, -0.15) is 5.10 Å². The minimum atomic E-state index is -0.316. The molecule has 146 valence electrons. The fourth-order valence-electron chi connectivity index (χ4n) is 4.12. The zero-order chi connectivity index (χ0) is 19.8. The van der Waals surface area contributed by atoms with Crippen molar-refractivity contribution < 1.29 is 13.6 Å². The van der Waals surface area contributed by atoms with E-state index in [1.807, 2.05) is 30.3 Å². The second-order valence-corrected chi connectivity index (χ2v) is 7.48. The first-order chi connectivity index (χ1) is 14.2. The van der Waals surface area contributed by atoms with Crippen molar-refractivity contribution in [1.82, 2.24) is 9.99 Å². The van der Waals surface area contributed by atoms with Crippen LogP contribution in [0.2, 0.25) is 5.15 Å². The lowest BCUT2D eigenvalue weighted by Gasteiger charge is -2.27. The number of carbonyl (C=O) groups excluding carboxylic acids is 1. The molecule has 1 saturated carbocycles. The maximum Gasteiger partial charge on any atom is 0.277 e. The number of nitrogens with zero attached hydrogens (tertiary/aromatic N) is 3. The van der Waals surface area contributed by atoms with Crippen LogP contribution in [0.15, 0.2) is 74.6 Å². The van der Waals surface area contributed by atoms with Crippen molar-refractivity contribution in [2.24, 2.45) is 11.0 Å². The third kappa shape index (κ3) is 3.19. The summed E-state index contributed by atoms with van der Waals surface area (Å²) < 4.78 is 11.2. The van der Waals surface area contributed by atoms with Crippen molar-refractivity contribution in [2.75, 3.05) is 0 Å². The first kappa shape index (κ1) is 17.9. The minimum absolute atomic E-state index is 0.0514. The van der Waals surface area contributed by atoms with Gasteiger partial charge in [-0.05, 0) is 67.3 Å². The Labute approximate surface area is 172 Å². The number of amides is 1. The standard InChI is InChI=1S/C22H18ClN3O3/c23-21-17(8-2-10-24-21)22(27)26-20(18-9-4-12-29-18)16-7-1-5-14(19(16)25-26)13-15-6-3-11-28-15/h2-4,6,8-13,16,20H,1,5,7H2/b14-13+/t16-,20+/m1/s1. The topological polar surface area (TPSA) is 71.8 Å². The molecule has 2 atom stereocenters. The fourth-order valence-corrected chi connectivity index (χ4v) is 4.32. The van der Waals surface area contributed by atoms with Crippen molar-refractivity contribution in [2.45, 2.75) is 25.3 Å². The molecule has 0 aromatic carbocycles. The van der Waals surface area contributed by atoms with E-state index in [1.165, 1.54) is 5.01 Å². The summed E-state index contributed by atoms with van der Waals surface area (Å²) in [6.07, 6.45) is 9.65. The van der Waals surface area contributed by atoms with Gasteiger partial charge in [0.2, 0.25) is 0 Å². The van der Waals surface area contributed by atoms with E-state index in [0.717, 1.165) is 36.3 Å². The van der Waals surface area contributed by atoms with Gasteiger partial charge in [-0.1, -0.05) is 11.6 Å². The molecular formula is C22H18ClN3O3. The summed E-state index contributed by atoms with van der Waals surface area (Å²) in [5, 5.41) is 6.44. The van der Waals surface area contributed by atoms with Crippen LogP contribution in [0, 0.1) is 5.92 Å². The van der Waals surface area contributed by atoms with E-state index in [-0.39, 0.29) is 23.0 Å². The number of rotatable bonds is 3. The molecule has 0 N–H and O–H groups in total. The Bertz CT molecular complexity index is 1090. The maximum atomic E-state index is 13.4. The molecule has 0 radical (unpaired) electrons. The highest BCUT2D eigenvalue weighted by atomic mass is 35.5. The van der Waals surface area contributed by atoms with Gasteiger partial charge in [0.25, 0.3) is 5.91 Å². The minimum Gasteiger partial charge on any atom is -0.467 e. The fraction of sp³-hybridized carbons (Fsp3) is 0.227. The summed E-state index contributed by atoms with van der Waals surface area (Å²) >= 11 is 6.19. The predicted octanol–water partition coefficient (Wildman–Crippen LogP) is 5.36. The van der Waals surface area contributed by atoms with Gasteiger partial charge in [0.05, 0.1) is 23.8 Å². The molecule has 1 aliphatic carbocycles. The van der Waals surface area contributed by atoms with Crippen LogP contribution in [0.4, 0.5) is 0 Å². The van der Waals surface area contributed by atoms with Crippen LogP contribution in [0.25, 0.3) is 6.08 Å². The number of allylic oxidation sites excluding steroid dienone is 1. The number of halogens is 1. The monoisotopic (exact) mass is 407 g/mol. The highest BCUT2D eigenvalue weighted by molar-refractivity contribution is 6.32. The van der Waals surface area contributed by atoms with Crippen LogP contribution in [0.3, 0.4) is 0 Å². The second-order valence-electron chi connectivity index (χ2n) is 7.12. The predicted molar refractivity (Wildman–Crippen MR) is 108 cm³/mol. The van der Waals surface area contributed by atoms with Gasteiger partial charge in [-0.25, -0.2) is 9.99 Å². The van der Waals surface area contributed by atoms with Gasteiger partial charge >= 0.3 is 0 Å². The van der Waals surface area contributed by atoms with Crippen LogP contribution in [-0.2, 0) is 0 Å². The molecule has 2 aliphatic rings. The van der Waals surface area contributed by atoms with Crippen LogP contribution >= 0.6 is 11.6 Å². The van der Waals surface area contributed by atoms with Crippen LogP contribution < -0.4 is 0 Å². The number of aromatic nitrogens is 1. The SMILES string of the molecule is O=C(c1cccnc1Cl)N1N=C2/C(=C/c3ccco3)CCC[C@H]2[C@H]1c1ccco1. The molecule has 0 saturated heterocycles. The number of furan rings is 2. The maximum absolute atomic E-state index is 13.4. The molecule has 1 fully saturated rings. The van der Waals surface area contributed by atoms with Crippen molar-refractivity contribution in [3.8, 4) is 0 Å². The number of pyridine rings is 1. The number of hydrazone groups is 1. The van der Waals surface area contributed by atoms with Crippen LogP contribution in [-0.4, -0.2) is 21.6 Å². The molecule has 1 amide bonds. The molecular weight excluding hydrogens is 390 g/mol. The van der Waals surface area contributed by atoms with Crippen molar-refractivity contribution in [1.29, 1.82) is 0 Å². The molecule has 0 spiro atoms. The number of carbonyl (C=O) groups is 1. The molecule has 3 aromatic rings. The molecule has 1 aliphatic heterocycles. The summed E-state index contributed by atoms with van der Waals surface area (Å²) in [6.45, 7) is 0. The van der Waals surface area contributed by atoms with Gasteiger partial charge in [0.1, 0.15) is 22.7 Å². The van der Waals surface area contributed by atoms with E-state index in [0.29, 0.717) is 11.3 Å². The largest absolute Gasteiger partial charge is 0.467 e. The second kappa shape index (κ2) is 7.37. The van der Waals surface area contributed by atoms with E-state index in [4.69, 9.17) is 25.5 Å². The van der Waals surface area contributed by atoms with Crippen molar-refractivity contribution >= 4 is 29.3 Å². The Hall–Kier alpha value is -3.12. The molecule has 7 heteroatoms. The highest BCUT2D eigenvalue weighted by Gasteiger charge is 2.45. The van der Waals surface area contributed by atoms with E-state index in [1.54, 1.807) is 30.9 Å². The number of fused-ring (bicyclic) bond motifs is 1. The Morgan fingerprint density at radius 3 is 2.79 bits per heavy atom. The third-order valence-electron chi connectivity index (χ3n) is 5.39. The lowest BCUT2D eigenvalue weighted by Crippen LogP contribution is -2.31. The molecule has 3 aromatic heterocycles. The van der Waals surface area contributed by atoms with Crippen molar-refractivity contribution in [3.05, 3.63) is 82.9 Å². The Kier molecular flexibility index (Phi) is 4.56. The quantitative estimate of drug-likeness (QED) is 0.548. The Morgan fingerprint density at radius 2 is 2.03 bits per heavy atom. The first-order valence-corrected chi connectivity index (χ1v) is 9.90. The molecule has 4 heterocycles. The summed E-state index contributed by atoms with van der Waals surface area (Å²) in [7, 11) is 0. The van der Waals surface area contributed by atoms with E-state index >= 15 is 0 Å². The summed E-state index contributed by atoms with van der Waals surface area (Å²) in [5.74, 6) is 1.25. The van der Waals surface area contributed by atoms with E-state index in [9.17, 15) is 4.79 Å². The van der Waals surface area contributed by atoms with Crippen LogP contribution in [0.1, 0.15) is 47.2 Å². The third-order valence-corrected chi connectivity index (χ3v) is 5.69. The van der Waals surface area contributed by atoms with Gasteiger partial charge < -0.3 is 8.83 Å². The molecule has 29 heavy (non-hydrogen) atoms. The van der Waals surface area contributed by atoms with Gasteiger partial charge in [-0.3, -0.25) is 4.79 Å². The average Bonchev–Trinajstić information content (AvgIpc) is 3.48. The lowest BCUT2D eigenvalue weighted by molar-refractivity contribution is 0.0656. The first-order valence-electron chi connectivity index (χ1n) is 9.53. The number of hydrogen-bond acceptors (Lipinski definition) is 5. The smallest absolute Gasteiger partial charge is 0.277 e. The average molecular weight is 408 g/mol. The lowest BCUT2D eigenvalue weighted by atomic mass is 9.79. The highest BCUT2D eigenvalue weighted by Crippen LogP contribution is 2.45. The Morgan fingerprint density at radius 1 is 1.17 bits per heavy atom. The summed E-state index contributed by atoms with van der Waals surface area (Å²) in [6, 6.07) is 10.5. The van der Waals surface area contributed by atoms with Gasteiger partial charge in [0.15, 0.2) is 0 Å². The molecule has 0 unspecified atom stereocenters. The van der Waals surface area contributed by atoms with E-state index in [2.05, 4.69) is 4.98 Å². The zero-order valence-corrected chi connectivity index (χ0v) is 16.2. The van der Waals surface area contributed by atoms with Gasteiger partial charge in [0, 0.05) is 12.1 Å². The molecule has 0 bridgehead atoms. The zero-order valence-electron chi connectivity index (χ0n) is 15.5. The number of hydrogen-bond donors (Lipinski definition) is 0. The Balaban J connectivity index is 1.59. The summed E-state index contributed by atoms with van der Waals surface area (Å²) in [4.78, 5) is 17.4. The van der Waals surface area contributed by atoms with Gasteiger partial charge in [-0.15, -0.1) is 0 Å². The van der Waals surface area contributed by atoms with Crippen LogP contribution in [0.5, 0.6) is 0 Å². The van der Waals surface area contributed by atoms with Crippen molar-refractivity contribution in [3.63, 3.8) is 0 Å². The normalized spacial score (nSPS) is 22.6. The molecule has 6 nitrogen and oxygen atoms in total. The molecule has 5 rings (SSSR count). The van der Waals surface area contributed by atoms with E-state index < -0.39 is 0 Å². The summed E-state index contributed by atoms with van der Waals surface area (Å²) in [5.41, 5.74) is 2.31.